The Labute approximate surface area is 218 Å². The molecular formula is C29H36FN7. The first-order chi connectivity index (χ1) is 17.8. The van der Waals surface area contributed by atoms with Gasteiger partial charge in [-0.1, -0.05) is 13.0 Å². The van der Waals surface area contributed by atoms with Crippen molar-refractivity contribution in [1.82, 2.24) is 34.3 Å². The number of hydrogen-bond donors (Lipinski definition) is 0. The third kappa shape index (κ3) is 5.40. The Hall–Kier alpha value is -3.23. The average Bonchev–Trinajstić information content (AvgIpc) is 3.23. The van der Waals surface area contributed by atoms with Gasteiger partial charge in [0.2, 0.25) is 0 Å². The molecule has 0 bridgehead atoms. The fraction of sp³-hybridized carbons (Fsp3) is 0.448. The Morgan fingerprint density at radius 1 is 0.946 bits per heavy atom. The standard InChI is InChI=1S/C29H36FN7/c1-6-35-9-11-36(12-10-35)18-22-7-8-24(31-17-22)15-27-32-16-20(4)28(34-27)23-13-25(30)29-26(14-23)37(19(2)3)21(5)33-29/h7-8,13-14,16-17,19H,6,9-12,15,18H2,1-5H3. The van der Waals surface area contributed by atoms with E-state index in [1.807, 2.05) is 32.3 Å². The van der Waals surface area contributed by atoms with Crippen LogP contribution in [0.2, 0.25) is 0 Å². The molecule has 1 fully saturated rings. The summed E-state index contributed by atoms with van der Waals surface area (Å²) in [4.78, 5) is 23.5. The predicted octanol–water partition coefficient (Wildman–Crippen LogP) is 4.95. The Balaban J connectivity index is 1.35. The summed E-state index contributed by atoms with van der Waals surface area (Å²) in [7, 11) is 0. The maximum atomic E-state index is 15.1. The van der Waals surface area contributed by atoms with Gasteiger partial charge in [0.25, 0.3) is 0 Å². The van der Waals surface area contributed by atoms with E-state index < -0.39 is 0 Å². The molecule has 194 valence electrons. The summed E-state index contributed by atoms with van der Waals surface area (Å²) in [5.74, 6) is 1.15. The number of benzene rings is 1. The third-order valence-electron chi connectivity index (χ3n) is 7.28. The van der Waals surface area contributed by atoms with Gasteiger partial charge in [0, 0.05) is 62.4 Å². The van der Waals surface area contributed by atoms with Crippen LogP contribution >= 0.6 is 0 Å². The molecule has 5 rings (SSSR count). The number of piperazine rings is 1. The summed E-state index contributed by atoms with van der Waals surface area (Å²) in [5.41, 5.74) is 5.71. The van der Waals surface area contributed by atoms with E-state index in [-0.39, 0.29) is 11.9 Å². The van der Waals surface area contributed by atoms with Crippen molar-refractivity contribution >= 4 is 11.0 Å². The van der Waals surface area contributed by atoms with E-state index in [0.29, 0.717) is 17.8 Å². The fourth-order valence-corrected chi connectivity index (χ4v) is 5.25. The van der Waals surface area contributed by atoms with Crippen molar-refractivity contribution < 1.29 is 4.39 Å². The Bertz CT molecular complexity index is 1390. The van der Waals surface area contributed by atoms with E-state index in [1.165, 1.54) is 11.6 Å². The van der Waals surface area contributed by atoms with E-state index in [4.69, 9.17) is 9.97 Å². The van der Waals surface area contributed by atoms with Crippen LogP contribution < -0.4 is 0 Å². The Kier molecular flexibility index (Phi) is 7.31. The Morgan fingerprint density at radius 2 is 1.70 bits per heavy atom. The second kappa shape index (κ2) is 10.6. The second-order valence-corrected chi connectivity index (χ2v) is 10.3. The smallest absolute Gasteiger partial charge is 0.151 e. The highest BCUT2D eigenvalue weighted by molar-refractivity contribution is 5.83. The lowest BCUT2D eigenvalue weighted by atomic mass is 10.1. The number of aromatic nitrogens is 5. The molecule has 0 amide bonds. The number of nitrogens with zero attached hydrogens (tertiary/aromatic N) is 7. The zero-order chi connectivity index (χ0) is 26.1. The van der Waals surface area contributed by atoms with Gasteiger partial charge in [-0.15, -0.1) is 0 Å². The fourth-order valence-electron chi connectivity index (χ4n) is 5.25. The first-order valence-corrected chi connectivity index (χ1v) is 13.2. The summed E-state index contributed by atoms with van der Waals surface area (Å²) >= 11 is 0. The molecule has 0 spiro atoms. The minimum Gasteiger partial charge on any atom is -0.326 e. The number of fused-ring (bicyclic) bond motifs is 1. The van der Waals surface area contributed by atoms with Gasteiger partial charge >= 0.3 is 0 Å². The van der Waals surface area contributed by atoms with Crippen LogP contribution in [0.5, 0.6) is 0 Å². The van der Waals surface area contributed by atoms with Crippen LogP contribution in [0, 0.1) is 19.7 Å². The van der Waals surface area contributed by atoms with Crippen LogP contribution in [-0.4, -0.2) is 67.0 Å². The highest BCUT2D eigenvalue weighted by atomic mass is 19.1. The average molecular weight is 502 g/mol. The van der Waals surface area contributed by atoms with Gasteiger partial charge in [-0.3, -0.25) is 9.88 Å². The predicted molar refractivity (Wildman–Crippen MR) is 145 cm³/mol. The van der Waals surface area contributed by atoms with Gasteiger partial charge in [0.05, 0.1) is 17.6 Å². The molecule has 0 unspecified atom stereocenters. The van der Waals surface area contributed by atoms with E-state index in [9.17, 15) is 0 Å². The van der Waals surface area contributed by atoms with E-state index in [1.54, 1.807) is 0 Å². The van der Waals surface area contributed by atoms with E-state index >= 15 is 4.39 Å². The molecule has 0 atom stereocenters. The number of likely N-dealkylation sites (N-methyl/N-ethyl adjacent to an activating group) is 1. The monoisotopic (exact) mass is 501 g/mol. The molecule has 3 aromatic heterocycles. The van der Waals surface area contributed by atoms with Crippen LogP contribution in [0.4, 0.5) is 4.39 Å². The summed E-state index contributed by atoms with van der Waals surface area (Å²) in [6.45, 7) is 16.8. The zero-order valence-electron chi connectivity index (χ0n) is 22.5. The summed E-state index contributed by atoms with van der Waals surface area (Å²) in [6.07, 6.45) is 4.31. The molecule has 0 saturated carbocycles. The SMILES string of the molecule is CCN1CCN(Cc2ccc(Cc3ncc(C)c(-c4cc(F)c5nc(C)n(C(C)C)c5c4)n3)nc2)CC1. The van der Waals surface area contributed by atoms with Gasteiger partial charge in [0.15, 0.2) is 5.82 Å². The van der Waals surface area contributed by atoms with Crippen LogP contribution in [0.15, 0.2) is 36.7 Å². The third-order valence-corrected chi connectivity index (χ3v) is 7.28. The molecule has 0 aliphatic carbocycles. The minimum atomic E-state index is -0.331. The van der Waals surface area contributed by atoms with Crippen molar-refractivity contribution in [3.05, 3.63) is 70.9 Å². The van der Waals surface area contributed by atoms with Gasteiger partial charge in [-0.05, 0) is 63.6 Å². The number of rotatable bonds is 7. The van der Waals surface area contributed by atoms with E-state index in [0.717, 1.165) is 73.1 Å². The van der Waals surface area contributed by atoms with E-state index in [2.05, 4.69) is 57.2 Å². The lowest BCUT2D eigenvalue weighted by molar-refractivity contribution is 0.132. The molecule has 1 saturated heterocycles. The van der Waals surface area contributed by atoms with Crippen molar-refractivity contribution in [2.45, 2.75) is 53.6 Å². The molecule has 4 aromatic rings. The van der Waals surface area contributed by atoms with Crippen molar-refractivity contribution in [2.24, 2.45) is 0 Å². The summed E-state index contributed by atoms with van der Waals surface area (Å²) < 4.78 is 17.1. The van der Waals surface area contributed by atoms with Crippen molar-refractivity contribution in [1.29, 1.82) is 0 Å². The lowest BCUT2D eigenvalue weighted by Gasteiger charge is -2.33. The topological polar surface area (TPSA) is 63.0 Å². The number of aryl methyl sites for hydroxylation is 2. The van der Waals surface area contributed by atoms with Gasteiger partial charge in [0.1, 0.15) is 17.2 Å². The molecular weight excluding hydrogens is 465 g/mol. The summed E-state index contributed by atoms with van der Waals surface area (Å²) in [6, 6.07) is 7.92. The highest BCUT2D eigenvalue weighted by Crippen LogP contribution is 2.30. The second-order valence-electron chi connectivity index (χ2n) is 10.3. The van der Waals surface area contributed by atoms with Crippen LogP contribution in [-0.2, 0) is 13.0 Å². The highest BCUT2D eigenvalue weighted by Gasteiger charge is 2.18. The first kappa shape index (κ1) is 25.4. The van der Waals surface area contributed by atoms with Crippen LogP contribution in [0.25, 0.3) is 22.3 Å². The molecule has 1 aromatic carbocycles. The van der Waals surface area contributed by atoms with Crippen LogP contribution in [0.3, 0.4) is 0 Å². The number of pyridine rings is 1. The first-order valence-electron chi connectivity index (χ1n) is 13.2. The van der Waals surface area contributed by atoms with Gasteiger partial charge in [-0.2, -0.15) is 0 Å². The van der Waals surface area contributed by atoms with Crippen molar-refractivity contribution in [3.8, 4) is 11.3 Å². The quantitative estimate of drug-likeness (QED) is 0.357. The van der Waals surface area contributed by atoms with Crippen LogP contribution in [0.1, 0.15) is 55.3 Å². The normalized spacial score (nSPS) is 15.2. The lowest BCUT2D eigenvalue weighted by Crippen LogP contribution is -2.45. The number of halogens is 1. The summed E-state index contributed by atoms with van der Waals surface area (Å²) in [5, 5.41) is 0. The molecule has 4 heterocycles. The molecule has 0 N–H and O–H groups in total. The molecule has 8 heteroatoms. The van der Waals surface area contributed by atoms with Crippen molar-refractivity contribution in [2.75, 3.05) is 32.7 Å². The molecule has 37 heavy (non-hydrogen) atoms. The maximum Gasteiger partial charge on any atom is 0.151 e. The van der Waals surface area contributed by atoms with Crippen molar-refractivity contribution in [3.63, 3.8) is 0 Å². The number of imidazole rings is 1. The molecule has 7 nitrogen and oxygen atoms in total. The van der Waals surface area contributed by atoms with Gasteiger partial charge < -0.3 is 9.47 Å². The molecule has 0 radical (unpaired) electrons. The maximum absolute atomic E-state index is 15.1. The largest absolute Gasteiger partial charge is 0.326 e. The zero-order valence-corrected chi connectivity index (χ0v) is 22.5. The Morgan fingerprint density at radius 3 is 2.38 bits per heavy atom. The molecule has 1 aliphatic rings. The van der Waals surface area contributed by atoms with Gasteiger partial charge in [-0.25, -0.2) is 19.3 Å². The molecule has 1 aliphatic heterocycles. The number of hydrogen-bond acceptors (Lipinski definition) is 6. The minimum absolute atomic E-state index is 0.178.